The Bertz CT molecular complexity index is 456. The zero-order chi connectivity index (χ0) is 11.4. The molecular weight excluding hydrogens is 202 g/mol. The first-order valence-electron chi connectivity index (χ1n) is 3.94. The van der Waals surface area contributed by atoms with Gasteiger partial charge in [-0.1, -0.05) is 0 Å². The van der Waals surface area contributed by atoms with Gasteiger partial charge in [-0.15, -0.1) is 0 Å². The summed E-state index contributed by atoms with van der Waals surface area (Å²) in [4.78, 5) is 3.42. The van der Waals surface area contributed by atoms with Crippen LogP contribution >= 0.6 is 0 Å². The molecule has 0 atom stereocenters. The number of aromatic nitrogens is 1. The van der Waals surface area contributed by atoms with Crippen molar-refractivity contribution in [1.29, 1.82) is 10.5 Å². The van der Waals surface area contributed by atoms with Crippen LogP contribution in [-0.4, -0.2) is 4.98 Å². The smallest absolute Gasteiger partial charge is 0.280 e. The maximum atomic E-state index is 12.5. The molecule has 0 aliphatic heterocycles. The fraction of sp³-hybridized carbons (Fsp3) is 0.222. The van der Waals surface area contributed by atoms with E-state index in [4.69, 9.17) is 16.3 Å². The molecule has 0 aliphatic rings. The highest BCUT2D eigenvalue weighted by atomic mass is 19.3. The fourth-order valence-electron chi connectivity index (χ4n) is 1.09. The zero-order valence-electron chi connectivity index (χ0n) is 7.54. The number of hydrogen-bond donors (Lipinski definition) is 1. The van der Waals surface area contributed by atoms with Crippen molar-refractivity contribution in [2.75, 3.05) is 5.73 Å². The Labute approximate surface area is 84.6 Å². The van der Waals surface area contributed by atoms with Crippen LogP contribution in [0.4, 0.5) is 14.6 Å². The van der Waals surface area contributed by atoms with E-state index < -0.39 is 12.1 Å². The van der Waals surface area contributed by atoms with Gasteiger partial charge in [0.1, 0.15) is 17.6 Å². The van der Waals surface area contributed by atoms with Gasteiger partial charge in [0.05, 0.1) is 18.1 Å². The molecule has 6 heteroatoms. The van der Waals surface area contributed by atoms with E-state index in [1.807, 2.05) is 0 Å². The van der Waals surface area contributed by atoms with E-state index in [1.165, 1.54) is 6.07 Å². The van der Waals surface area contributed by atoms with Crippen molar-refractivity contribution in [3.8, 4) is 12.1 Å². The molecule has 0 fully saturated rings. The highest BCUT2D eigenvalue weighted by Gasteiger charge is 2.17. The van der Waals surface area contributed by atoms with Gasteiger partial charge in [0.25, 0.3) is 6.43 Å². The van der Waals surface area contributed by atoms with E-state index in [0.29, 0.717) is 0 Å². The summed E-state index contributed by atoms with van der Waals surface area (Å²) >= 11 is 0. The molecule has 0 saturated heterocycles. The Morgan fingerprint density at radius 3 is 2.60 bits per heavy atom. The van der Waals surface area contributed by atoms with Crippen molar-refractivity contribution < 1.29 is 8.78 Å². The Kier molecular flexibility index (Phi) is 3.14. The molecule has 76 valence electrons. The summed E-state index contributed by atoms with van der Waals surface area (Å²) in [6.45, 7) is 0. The Balaban J connectivity index is 3.35. The van der Waals surface area contributed by atoms with Crippen LogP contribution in [0.25, 0.3) is 0 Å². The molecule has 1 aromatic rings. The summed E-state index contributed by atoms with van der Waals surface area (Å²) in [6, 6.07) is 4.62. The summed E-state index contributed by atoms with van der Waals surface area (Å²) in [5.41, 5.74) is 4.80. The minimum Gasteiger partial charge on any atom is -0.383 e. The largest absolute Gasteiger partial charge is 0.383 e. The highest BCUT2D eigenvalue weighted by Crippen LogP contribution is 2.24. The van der Waals surface area contributed by atoms with Crippen molar-refractivity contribution in [3.05, 3.63) is 22.9 Å². The third-order valence-electron chi connectivity index (χ3n) is 1.76. The summed E-state index contributed by atoms with van der Waals surface area (Å²) in [5.74, 6) is -0.241. The molecule has 4 nitrogen and oxygen atoms in total. The number of nitriles is 2. The molecule has 0 unspecified atom stereocenters. The Morgan fingerprint density at radius 2 is 2.13 bits per heavy atom. The predicted octanol–water partition coefficient (Wildman–Crippen LogP) is 1.54. The molecule has 1 heterocycles. The monoisotopic (exact) mass is 208 g/mol. The van der Waals surface area contributed by atoms with Gasteiger partial charge in [0, 0.05) is 0 Å². The van der Waals surface area contributed by atoms with E-state index in [9.17, 15) is 8.78 Å². The molecule has 2 N–H and O–H groups in total. The molecule has 0 spiro atoms. The summed E-state index contributed by atoms with van der Waals surface area (Å²) in [6.07, 6.45) is -3.02. The van der Waals surface area contributed by atoms with E-state index in [0.717, 1.165) is 0 Å². The lowest BCUT2D eigenvalue weighted by Crippen LogP contribution is -2.04. The molecule has 1 rings (SSSR count). The van der Waals surface area contributed by atoms with Gasteiger partial charge < -0.3 is 5.73 Å². The predicted molar refractivity (Wildman–Crippen MR) is 47.6 cm³/mol. The molecule has 0 bridgehead atoms. The van der Waals surface area contributed by atoms with Gasteiger partial charge in [-0.05, 0) is 11.6 Å². The minimum absolute atomic E-state index is 0.00431. The third-order valence-corrected chi connectivity index (χ3v) is 1.76. The first-order valence-corrected chi connectivity index (χ1v) is 3.94. The Hall–Kier alpha value is -2.21. The van der Waals surface area contributed by atoms with Gasteiger partial charge in [-0.3, -0.25) is 0 Å². The van der Waals surface area contributed by atoms with Crippen molar-refractivity contribution in [3.63, 3.8) is 0 Å². The summed E-state index contributed by atoms with van der Waals surface area (Å²) < 4.78 is 24.9. The molecule has 0 radical (unpaired) electrons. The van der Waals surface area contributed by atoms with Crippen LogP contribution in [-0.2, 0) is 6.42 Å². The SMILES string of the molecule is N#CCc1cc(C#N)c(N)nc1C(F)F. The van der Waals surface area contributed by atoms with Crippen molar-refractivity contribution in [2.45, 2.75) is 12.8 Å². The average Bonchev–Trinajstić information content (AvgIpc) is 2.20. The van der Waals surface area contributed by atoms with E-state index in [-0.39, 0.29) is 23.4 Å². The van der Waals surface area contributed by atoms with E-state index in [1.54, 1.807) is 12.1 Å². The highest BCUT2D eigenvalue weighted by molar-refractivity contribution is 5.51. The number of hydrogen-bond acceptors (Lipinski definition) is 4. The van der Waals surface area contributed by atoms with Crippen LogP contribution in [0.15, 0.2) is 6.07 Å². The van der Waals surface area contributed by atoms with Crippen LogP contribution < -0.4 is 5.73 Å². The molecule has 0 aliphatic carbocycles. The van der Waals surface area contributed by atoms with Crippen molar-refractivity contribution in [1.82, 2.24) is 4.98 Å². The maximum Gasteiger partial charge on any atom is 0.280 e. The number of alkyl halides is 2. The lowest BCUT2D eigenvalue weighted by Gasteiger charge is -2.06. The molecule has 15 heavy (non-hydrogen) atoms. The second-order valence-electron chi connectivity index (χ2n) is 2.71. The molecular formula is C9H6F2N4. The molecule has 0 aromatic carbocycles. The second-order valence-corrected chi connectivity index (χ2v) is 2.71. The van der Waals surface area contributed by atoms with Crippen LogP contribution in [0.5, 0.6) is 0 Å². The summed E-state index contributed by atoms with van der Waals surface area (Å²) in [5, 5.41) is 17.0. The fourth-order valence-corrected chi connectivity index (χ4v) is 1.09. The topological polar surface area (TPSA) is 86.5 Å². The van der Waals surface area contributed by atoms with Crippen LogP contribution in [0.3, 0.4) is 0 Å². The van der Waals surface area contributed by atoms with Gasteiger partial charge in [-0.2, -0.15) is 10.5 Å². The number of nitrogens with two attached hydrogens (primary N) is 1. The zero-order valence-corrected chi connectivity index (χ0v) is 7.54. The molecule has 0 saturated carbocycles. The number of nitrogen functional groups attached to an aromatic ring is 1. The van der Waals surface area contributed by atoms with E-state index >= 15 is 0 Å². The average molecular weight is 208 g/mol. The maximum absolute atomic E-state index is 12.5. The standard InChI is InChI=1S/C9H6F2N4/c10-8(11)7-5(1-2-12)3-6(4-13)9(14)15-7/h3,8H,1H2,(H2,14,15). The first kappa shape index (κ1) is 10.9. The van der Waals surface area contributed by atoms with Gasteiger partial charge in [-0.25, -0.2) is 13.8 Å². The van der Waals surface area contributed by atoms with Gasteiger partial charge in [0.15, 0.2) is 0 Å². The van der Waals surface area contributed by atoms with Crippen molar-refractivity contribution in [2.24, 2.45) is 0 Å². The number of pyridine rings is 1. The lowest BCUT2D eigenvalue weighted by molar-refractivity contribution is 0.145. The number of nitrogens with zero attached hydrogens (tertiary/aromatic N) is 3. The van der Waals surface area contributed by atoms with Gasteiger partial charge in [0.2, 0.25) is 0 Å². The summed E-state index contributed by atoms with van der Waals surface area (Å²) in [7, 11) is 0. The normalized spacial score (nSPS) is 9.67. The third kappa shape index (κ3) is 2.18. The molecule has 1 aromatic heterocycles. The second kappa shape index (κ2) is 4.34. The lowest BCUT2D eigenvalue weighted by atomic mass is 10.1. The van der Waals surface area contributed by atoms with Crippen LogP contribution in [0.2, 0.25) is 0 Å². The number of halogens is 2. The van der Waals surface area contributed by atoms with Gasteiger partial charge >= 0.3 is 0 Å². The first-order chi connectivity index (χ1) is 7.10. The number of rotatable bonds is 2. The van der Waals surface area contributed by atoms with Crippen LogP contribution in [0, 0.1) is 22.7 Å². The molecule has 0 amide bonds. The van der Waals surface area contributed by atoms with Crippen molar-refractivity contribution >= 4 is 5.82 Å². The van der Waals surface area contributed by atoms with Crippen LogP contribution in [0.1, 0.15) is 23.2 Å². The Morgan fingerprint density at radius 1 is 1.47 bits per heavy atom. The van der Waals surface area contributed by atoms with E-state index in [2.05, 4.69) is 4.98 Å². The number of anilines is 1. The minimum atomic E-state index is -2.80. The quantitative estimate of drug-likeness (QED) is 0.798.